The first kappa shape index (κ1) is 11.1. The zero-order chi connectivity index (χ0) is 10.4. The molecular weight excluding hydrogens is 172 g/mol. The van der Waals surface area contributed by atoms with E-state index in [4.69, 9.17) is 5.73 Å². The van der Waals surface area contributed by atoms with Crippen LogP contribution in [0, 0.1) is 5.41 Å². The third-order valence-electron chi connectivity index (χ3n) is 2.46. The van der Waals surface area contributed by atoms with Crippen molar-refractivity contribution in [3.63, 3.8) is 0 Å². The lowest BCUT2D eigenvalue weighted by molar-refractivity contribution is 0.358. The standard InChI is InChI=1S/C12H20N2/c1-12(2,10-13)8-9-14-11-6-4-3-5-7-11/h3-7,14H,8-10,13H2,1-2H3. The molecule has 0 aliphatic heterocycles. The van der Waals surface area contributed by atoms with Crippen molar-refractivity contribution in [3.05, 3.63) is 30.3 Å². The lowest BCUT2D eigenvalue weighted by Crippen LogP contribution is -2.26. The van der Waals surface area contributed by atoms with E-state index in [0.717, 1.165) is 19.5 Å². The van der Waals surface area contributed by atoms with Gasteiger partial charge in [0.2, 0.25) is 0 Å². The molecule has 0 spiro atoms. The van der Waals surface area contributed by atoms with Crippen LogP contribution in [0.15, 0.2) is 30.3 Å². The summed E-state index contributed by atoms with van der Waals surface area (Å²) in [7, 11) is 0. The lowest BCUT2D eigenvalue weighted by atomic mass is 9.90. The summed E-state index contributed by atoms with van der Waals surface area (Å²) in [4.78, 5) is 0. The summed E-state index contributed by atoms with van der Waals surface area (Å²) in [5, 5.41) is 3.38. The molecule has 0 fully saturated rings. The Kier molecular flexibility index (Phi) is 3.96. The van der Waals surface area contributed by atoms with Crippen molar-refractivity contribution in [2.24, 2.45) is 11.1 Å². The van der Waals surface area contributed by atoms with Gasteiger partial charge in [-0.1, -0.05) is 32.0 Å². The van der Waals surface area contributed by atoms with E-state index in [-0.39, 0.29) is 5.41 Å². The van der Waals surface area contributed by atoms with Gasteiger partial charge in [0.1, 0.15) is 0 Å². The SMILES string of the molecule is CC(C)(CN)CCNc1ccccc1. The Labute approximate surface area is 86.5 Å². The normalized spacial score (nSPS) is 11.4. The summed E-state index contributed by atoms with van der Waals surface area (Å²) < 4.78 is 0. The van der Waals surface area contributed by atoms with Crippen molar-refractivity contribution in [1.82, 2.24) is 0 Å². The largest absolute Gasteiger partial charge is 0.385 e. The van der Waals surface area contributed by atoms with Crippen LogP contribution in [0.4, 0.5) is 5.69 Å². The predicted molar refractivity (Wildman–Crippen MR) is 62.4 cm³/mol. The van der Waals surface area contributed by atoms with E-state index in [1.807, 2.05) is 18.2 Å². The summed E-state index contributed by atoms with van der Waals surface area (Å²) in [6.45, 7) is 6.11. The molecule has 0 unspecified atom stereocenters. The molecule has 0 radical (unpaired) electrons. The maximum Gasteiger partial charge on any atom is 0.0340 e. The van der Waals surface area contributed by atoms with Crippen molar-refractivity contribution in [3.8, 4) is 0 Å². The first-order chi connectivity index (χ1) is 6.64. The summed E-state index contributed by atoms with van der Waals surface area (Å²) in [5.41, 5.74) is 7.08. The number of hydrogen-bond donors (Lipinski definition) is 2. The fourth-order valence-electron chi connectivity index (χ4n) is 1.20. The Morgan fingerprint density at radius 2 is 1.86 bits per heavy atom. The number of hydrogen-bond acceptors (Lipinski definition) is 2. The topological polar surface area (TPSA) is 38.0 Å². The number of nitrogens with one attached hydrogen (secondary N) is 1. The van der Waals surface area contributed by atoms with Gasteiger partial charge < -0.3 is 11.1 Å². The van der Waals surface area contributed by atoms with Gasteiger partial charge in [0.25, 0.3) is 0 Å². The van der Waals surface area contributed by atoms with E-state index in [1.165, 1.54) is 5.69 Å². The van der Waals surface area contributed by atoms with Gasteiger partial charge in [0.05, 0.1) is 0 Å². The molecule has 1 aromatic rings. The third kappa shape index (κ3) is 3.79. The van der Waals surface area contributed by atoms with Crippen LogP contribution in [0.25, 0.3) is 0 Å². The molecule has 1 aromatic carbocycles. The Morgan fingerprint density at radius 3 is 2.43 bits per heavy atom. The molecule has 78 valence electrons. The average Bonchev–Trinajstić information content (AvgIpc) is 2.19. The van der Waals surface area contributed by atoms with Gasteiger partial charge in [-0.3, -0.25) is 0 Å². The zero-order valence-electron chi connectivity index (χ0n) is 9.09. The fourth-order valence-corrected chi connectivity index (χ4v) is 1.20. The van der Waals surface area contributed by atoms with E-state index in [9.17, 15) is 0 Å². The van der Waals surface area contributed by atoms with Gasteiger partial charge in [-0.05, 0) is 30.5 Å². The molecule has 2 heteroatoms. The number of rotatable bonds is 5. The molecule has 0 bridgehead atoms. The molecule has 0 atom stereocenters. The number of para-hydroxylation sites is 1. The van der Waals surface area contributed by atoms with Crippen LogP contribution in [0.1, 0.15) is 20.3 Å². The van der Waals surface area contributed by atoms with Crippen LogP contribution in [0.3, 0.4) is 0 Å². The second-order valence-corrected chi connectivity index (χ2v) is 4.41. The smallest absolute Gasteiger partial charge is 0.0340 e. The summed E-state index contributed by atoms with van der Waals surface area (Å²) >= 11 is 0. The lowest BCUT2D eigenvalue weighted by Gasteiger charge is -2.22. The van der Waals surface area contributed by atoms with Crippen molar-refractivity contribution >= 4 is 5.69 Å². The highest BCUT2D eigenvalue weighted by Gasteiger charge is 2.14. The summed E-state index contributed by atoms with van der Waals surface area (Å²) in [6.07, 6.45) is 1.10. The van der Waals surface area contributed by atoms with Crippen LogP contribution < -0.4 is 11.1 Å². The van der Waals surface area contributed by atoms with Crippen molar-refractivity contribution in [1.29, 1.82) is 0 Å². The molecule has 0 amide bonds. The van der Waals surface area contributed by atoms with Gasteiger partial charge in [0, 0.05) is 12.2 Å². The number of benzene rings is 1. The first-order valence-electron chi connectivity index (χ1n) is 5.13. The molecule has 0 aromatic heterocycles. The second kappa shape index (κ2) is 5.01. The molecule has 2 nitrogen and oxygen atoms in total. The van der Waals surface area contributed by atoms with Gasteiger partial charge in [0.15, 0.2) is 0 Å². The third-order valence-corrected chi connectivity index (χ3v) is 2.46. The van der Waals surface area contributed by atoms with Crippen LogP contribution >= 0.6 is 0 Å². The van der Waals surface area contributed by atoms with E-state index in [2.05, 4.69) is 31.3 Å². The Balaban J connectivity index is 2.29. The highest BCUT2D eigenvalue weighted by molar-refractivity contribution is 5.42. The molecule has 0 heterocycles. The predicted octanol–water partition coefficient (Wildman–Crippen LogP) is 2.47. The van der Waals surface area contributed by atoms with Crippen molar-refractivity contribution in [2.75, 3.05) is 18.4 Å². The highest BCUT2D eigenvalue weighted by atomic mass is 14.9. The molecule has 0 saturated carbocycles. The van der Waals surface area contributed by atoms with E-state index in [1.54, 1.807) is 0 Å². The van der Waals surface area contributed by atoms with Crippen LogP contribution in [0.5, 0.6) is 0 Å². The maximum atomic E-state index is 5.66. The average molecular weight is 192 g/mol. The second-order valence-electron chi connectivity index (χ2n) is 4.41. The Hall–Kier alpha value is -1.02. The maximum absolute atomic E-state index is 5.66. The first-order valence-corrected chi connectivity index (χ1v) is 5.13. The van der Waals surface area contributed by atoms with Gasteiger partial charge >= 0.3 is 0 Å². The van der Waals surface area contributed by atoms with Gasteiger partial charge in [-0.15, -0.1) is 0 Å². The van der Waals surface area contributed by atoms with Gasteiger partial charge in [-0.25, -0.2) is 0 Å². The fraction of sp³-hybridized carbons (Fsp3) is 0.500. The van der Waals surface area contributed by atoms with Crippen LogP contribution in [-0.2, 0) is 0 Å². The zero-order valence-corrected chi connectivity index (χ0v) is 9.09. The van der Waals surface area contributed by atoms with Crippen LogP contribution in [0.2, 0.25) is 0 Å². The highest BCUT2D eigenvalue weighted by Crippen LogP contribution is 2.18. The molecule has 1 rings (SSSR count). The Bertz CT molecular complexity index is 254. The Morgan fingerprint density at radius 1 is 1.21 bits per heavy atom. The summed E-state index contributed by atoms with van der Waals surface area (Å²) in [5.74, 6) is 0. The monoisotopic (exact) mass is 192 g/mol. The number of nitrogens with two attached hydrogens (primary N) is 1. The minimum Gasteiger partial charge on any atom is -0.385 e. The van der Waals surface area contributed by atoms with Crippen molar-refractivity contribution < 1.29 is 0 Å². The molecular formula is C12H20N2. The molecule has 0 saturated heterocycles. The molecule has 0 aliphatic carbocycles. The number of anilines is 1. The molecule has 14 heavy (non-hydrogen) atoms. The van der Waals surface area contributed by atoms with E-state index in [0.29, 0.717) is 0 Å². The van der Waals surface area contributed by atoms with E-state index >= 15 is 0 Å². The van der Waals surface area contributed by atoms with E-state index < -0.39 is 0 Å². The molecule has 3 N–H and O–H groups in total. The van der Waals surface area contributed by atoms with Crippen LogP contribution in [-0.4, -0.2) is 13.1 Å². The minimum absolute atomic E-state index is 0.238. The quantitative estimate of drug-likeness (QED) is 0.752. The molecule has 0 aliphatic rings. The minimum atomic E-state index is 0.238. The van der Waals surface area contributed by atoms with Crippen molar-refractivity contribution in [2.45, 2.75) is 20.3 Å². The van der Waals surface area contributed by atoms with Gasteiger partial charge in [-0.2, -0.15) is 0 Å². The summed E-state index contributed by atoms with van der Waals surface area (Å²) in [6, 6.07) is 10.3.